The number of nitrogens with one attached hydrogen (secondary N) is 2. The summed E-state index contributed by atoms with van der Waals surface area (Å²) >= 11 is 0. The minimum atomic E-state index is -3.89. The molecule has 0 bridgehead atoms. The summed E-state index contributed by atoms with van der Waals surface area (Å²) in [5, 5.41) is 2.13. The van der Waals surface area contributed by atoms with Crippen molar-refractivity contribution in [1.82, 2.24) is 24.9 Å². The van der Waals surface area contributed by atoms with Gasteiger partial charge in [0.05, 0.1) is 28.9 Å². The number of amides is 3. The average Bonchev–Trinajstić information content (AvgIpc) is 3.92. The monoisotopic (exact) mass is 660 g/mol. The first kappa shape index (κ1) is 32.2. The number of carbonyl (C=O) groups excluding carboxylic acids is 3. The van der Waals surface area contributed by atoms with Crippen molar-refractivity contribution in [3.05, 3.63) is 42.1 Å². The fraction of sp³-hybridized carbons (Fsp3) is 0.581. The Morgan fingerprint density at radius 2 is 1.85 bits per heavy atom. The molecule has 2 saturated carbocycles. The molecule has 3 amide bonds. The van der Waals surface area contributed by atoms with Gasteiger partial charge >= 0.3 is 0 Å². The van der Waals surface area contributed by atoms with Crippen molar-refractivity contribution in [1.29, 1.82) is 0 Å². The van der Waals surface area contributed by atoms with Crippen LogP contribution in [0.4, 0.5) is 8.78 Å². The quantitative estimate of drug-likeness (QED) is 0.393. The molecular weight excluding hydrogens is 622 g/mol. The number of aromatic nitrogens is 2. The van der Waals surface area contributed by atoms with Crippen LogP contribution in [-0.2, 0) is 30.3 Å². The van der Waals surface area contributed by atoms with Gasteiger partial charge in [-0.3, -0.25) is 19.1 Å². The topological polar surface area (TPSA) is 174 Å². The fourth-order valence-electron chi connectivity index (χ4n) is 6.25. The van der Waals surface area contributed by atoms with Crippen LogP contribution in [0.2, 0.25) is 0 Å². The molecule has 0 radical (unpaired) electrons. The summed E-state index contributed by atoms with van der Waals surface area (Å²) in [6.45, 7) is 0.536. The summed E-state index contributed by atoms with van der Waals surface area (Å²) in [6, 6.07) is 4.42. The molecule has 6 rings (SSSR count). The summed E-state index contributed by atoms with van der Waals surface area (Å²) in [6.07, 6.45) is 7.22. The SMILES string of the molecule is CC(F)(F)c1nc2ccccc2nc1OC1CC2C(=O)NC3(C(=O)NS(=O)(=O)C4CC4)CC3C=CCCCCCC(N)C(=O)N2C1. The van der Waals surface area contributed by atoms with Gasteiger partial charge in [0, 0.05) is 19.3 Å². The van der Waals surface area contributed by atoms with Crippen LogP contribution in [0.15, 0.2) is 36.4 Å². The highest BCUT2D eigenvalue weighted by molar-refractivity contribution is 7.91. The Morgan fingerprint density at radius 1 is 1.13 bits per heavy atom. The highest BCUT2D eigenvalue weighted by Crippen LogP contribution is 2.46. The van der Waals surface area contributed by atoms with Crippen LogP contribution in [0.3, 0.4) is 0 Å². The molecule has 46 heavy (non-hydrogen) atoms. The third-order valence-electron chi connectivity index (χ3n) is 9.12. The van der Waals surface area contributed by atoms with Crippen LogP contribution < -0.4 is 20.5 Å². The fourth-order valence-corrected chi connectivity index (χ4v) is 7.62. The molecule has 4 aliphatic rings. The predicted octanol–water partition coefficient (Wildman–Crippen LogP) is 2.42. The molecule has 1 aromatic carbocycles. The Morgan fingerprint density at radius 3 is 2.54 bits per heavy atom. The lowest BCUT2D eigenvalue weighted by Crippen LogP contribution is -2.57. The Labute approximate surface area is 265 Å². The number of sulfonamides is 1. The van der Waals surface area contributed by atoms with Crippen LogP contribution in [0.5, 0.6) is 5.88 Å². The number of allylic oxidation sites excluding steroid dienone is 1. The number of halogens is 2. The van der Waals surface area contributed by atoms with E-state index >= 15 is 0 Å². The van der Waals surface area contributed by atoms with Gasteiger partial charge in [0.2, 0.25) is 27.7 Å². The number of ether oxygens (including phenoxy) is 1. The van der Waals surface area contributed by atoms with Crippen molar-refractivity contribution in [2.45, 2.75) is 99.6 Å². The van der Waals surface area contributed by atoms with Crippen LogP contribution in [-0.4, -0.2) is 76.5 Å². The van der Waals surface area contributed by atoms with E-state index in [1.54, 1.807) is 24.3 Å². The standard InChI is InChI=1S/C31H38F2N6O6S/c1-30(32,33)25-27(36-23-12-8-7-11-22(23)35-25)45-19-15-24-26(40)37-31(29(42)38-46(43,44)20-13-14-20)16-18(31)9-5-3-2-4-6-10-21(34)28(41)39(24)17-19/h5,7-9,11-12,18-21,24H,2-4,6,10,13-17,34H2,1H3,(H,37,40)(H,38,42). The molecule has 2 aliphatic heterocycles. The number of nitrogens with zero attached hydrogens (tertiary/aromatic N) is 3. The summed E-state index contributed by atoms with van der Waals surface area (Å²) in [4.78, 5) is 50.7. The maximum absolute atomic E-state index is 14.7. The molecule has 2 aliphatic carbocycles. The molecule has 4 N–H and O–H groups in total. The molecule has 1 saturated heterocycles. The van der Waals surface area contributed by atoms with Gasteiger partial charge in [-0.25, -0.2) is 18.4 Å². The largest absolute Gasteiger partial charge is 0.471 e. The molecule has 12 nitrogen and oxygen atoms in total. The number of fused-ring (bicyclic) bond motifs is 3. The molecule has 248 valence electrons. The maximum atomic E-state index is 14.7. The molecule has 5 unspecified atom stereocenters. The van der Waals surface area contributed by atoms with Crippen molar-refractivity contribution in [2.75, 3.05) is 6.54 Å². The second kappa shape index (κ2) is 12.1. The van der Waals surface area contributed by atoms with Crippen LogP contribution >= 0.6 is 0 Å². The lowest BCUT2D eigenvalue weighted by atomic mass is 10.1. The van der Waals surface area contributed by atoms with Gasteiger partial charge in [-0.15, -0.1) is 0 Å². The Hall–Kier alpha value is -3.72. The maximum Gasteiger partial charge on any atom is 0.292 e. The van der Waals surface area contributed by atoms with Crippen molar-refractivity contribution >= 4 is 38.8 Å². The zero-order valence-corrected chi connectivity index (χ0v) is 26.3. The number of hydrogen-bond acceptors (Lipinski definition) is 9. The molecule has 2 aromatic rings. The molecule has 3 heterocycles. The number of alkyl halides is 2. The van der Waals surface area contributed by atoms with Gasteiger partial charge in [0.25, 0.3) is 11.8 Å². The minimum Gasteiger partial charge on any atom is -0.471 e. The smallest absolute Gasteiger partial charge is 0.292 e. The lowest BCUT2D eigenvalue weighted by molar-refractivity contribution is -0.140. The van der Waals surface area contributed by atoms with Crippen LogP contribution in [0.1, 0.15) is 70.4 Å². The van der Waals surface area contributed by atoms with Gasteiger partial charge in [0.1, 0.15) is 17.7 Å². The van der Waals surface area contributed by atoms with Gasteiger partial charge < -0.3 is 20.7 Å². The first-order valence-electron chi connectivity index (χ1n) is 15.7. The second-order valence-corrected chi connectivity index (χ2v) is 14.8. The van der Waals surface area contributed by atoms with E-state index in [1.165, 1.54) is 4.90 Å². The molecule has 3 fully saturated rings. The zero-order chi connectivity index (χ0) is 32.9. The van der Waals surface area contributed by atoms with E-state index in [2.05, 4.69) is 20.0 Å². The molecule has 5 atom stereocenters. The molecule has 15 heteroatoms. The zero-order valence-electron chi connectivity index (χ0n) is 25.5. The summed E-state index contributed by atoms with van der Waals surface area (Å²) in [5.74, 6) is -6.29. The highest BCUT2D eigenvalue weighted by atomic mass is 32.2. The van der Waals surface area contributed by atoms with E-state index in [1.807, 2.05) is 12.2 Å². The van der Waals surface area contributed by atoms with Crippen molar-refractivity contribution in [3.63, 3.8) is 0 Å². The number of carbonyl (C=O) groups is 3. The number of hydrogen-bond donors (Lipinski definition) is 3. The van der Waals surface area contributed by atoms with Crippen LogP contribution in [0, 0.1) is 5.92 Å². The van der Waals surface area contributed by atoms with Crippen molar-refractivity contribution in [3.8, 4) is 5.88 Å². The predicted molar refractivity (Wildman–Crippen MR) is 163 cm³/mol. The summed E-state index contributed by atoms with van der Waals surface area (Å²) in [5.41, 5.74) is 4.67. The molecule has 1 aromatic heterocycles. The van der Waals surface area contributed by atoms with Gasteiger partial charge in [0.15, 0.2) is 5.69 Å². The molecular formula is C31H38F2N6O6S. The van der Waals surface area contributed by atoms with E-state index < -0.39 is 80.1 Å². The van der Waals surface area contributed by atoms with Crippen LogP contribution in [0.25, 0.3) is 11.0 Å². The third kappa shape index (κ3) is 6.57. The van der Waals surface area contributed by atoms with Gasteiger partial charge in [-0.2, -0.15) is 8.78 Å². The van der Waals surface area contributed by atoms with E-state index in [-0.39, 0.29) is 24.9 Å². The number of para-hydroxylation sites is 2. The summed E-state index contributed by atoms with van der Waals surface area (Å²) in [7, 11) is -3.89. The normalized spacial score (nSPS) is 29.3. The second-order valence-electron chi connectivity index (χ2n) is 12.9. The van der Waals surface area contributed by atoms with E-state index in [9.17, 15) is 31.6 Å². The number of benzene rings is 1. The van der Waals surface area contributed by atoms with E-state index in [0.29, 0.717) is 38.1 Å². The first-order valence-corrected chi connectivity index (χ1v) is 17.3. The third-order valence-corrected chi connectivity index (χ3v) is 10.9. The number of rotatable bonds is 6. The summed E-state index contributed by atoms with van der Waals surface area (Å²) < 4.78 is 62.8. The Balaban J connectivity index is 1.29. The van der Waals surface area contributed by atoms with E-state index in [0.717, 1.165) is 19.3 Å². The Bertz CT molecular complexity index is 1680. The average molecular weight is 661 g/mol. The van der Waals surface area contributed by atoms with Gasteiger partial charge in [-0.1, -0.05) is 37.1 Å². The lowest BCUT2D eigenvalue weighted by Gasteiger charge is -2.28. The number of nitrogens with two attached hydrogens (primary N) is 1. The van der Waals surface area contributed by atoms with Gasteiger partial charge in [-0.05, 0) is 50.7 Å². The van der Waals surface area contributed by atoms with Crippen molar-refractivity contribution in [2.24, 2.45) is 11.7 Å². The Kier molecular flexibility index (Phi) is 8.51. The highest BCUT2D eigenvalue weighted by Gasteiger charge is 2.62. The first-order chi connectivity index (χ1) is 21.8. The van der Waals surface area contributed by atoms with Crippen molar-refractivity contribution < 1.29 is 36.3 Å². The molecule has 0 spiro atoms. The van der Waals surface area contributed by atoms with E-state index in [4.69, 9.17) is 10.5 Å². The minimum absolute atomic E-state index is 0.105.